The second-order valence-electron chi connectivity index (χ2n) is 4.11. The second-order valence-corrected chi connectivity index (χ2v) is 4.11. The van der Waals surface area contributed by atoms with E-state index in [0.29, 0.717) is 13.2 Å². The summed E-state index contributed by atoms with van der Waals surface area (Å²) in [6.07, 6.45) is 5.96. The Hall–Kier alpha value is -2.44. The van der Waals surface area contributed by atoms with Gasteiger partial charge in [0, 0.05) is 18.8 Å². The second kappa shape index (κ2) is 6.14. The van der Waals surface area contributed by atoms with Gasteiger partial charge in [0.1, 0.15) is 5.82 Å². The average Bonchev–Trinajstić information content (AvgIpc) is 3.05. The van der Waals surface area contributed by atoms with E-state index in [1.807, 2.05) is 17.7 Å². The molecular formula is C13H17N5O2. The molecule has 20 heavy (non-hydrogen) atoms. The fraction of sp³-hybridized carbons (Fsp3) is 0.385. The van der Waals surface area contributed by atoms with Crippen molar-refractivity contribution in [1.29, 1.82) is 0 Å². The lowest BCUT2D eigenvalue weighted by Gasteiger charge is -1.96. The Morgan fingerprint density at radius 3 is 2.85 bits per heavy atom. The zero-order valence-electron chi connectivity index (χ0n) is 11.6. The van der Waals surface area contributed by atoms with Crippen LogP contribution >= 0.6 is 0 Å². The van der Waals surface area contributed by atoms with E-state index in [1.165, 1.54) is 0 Å². The first-order chi connectivity index (χ1) is 9.67. The van der Waals surface area contributed by atoms with Crippen LogP contribution in [-0.4, -0.2) is 37.1 Å². The molecule has 0 aliphatic heterocycles. The third kappa shape index (κ3) is 2.93. The average molecular weight is 275 g/mol. The molecule has 0 amide bonds. The molecule has 0 aliphatic carbocycles. The topological polar surface area (TPSA) is 74.8 Å². The van der Waals surface area contributed by atoms with Crippen LogP contribution in [0.2, 0.25) is 0 Å². The van der Waals surface area contributed by atoms with Gasteiger partial charge in [0.25, 0.3) is 0 Å². The van der Waals surface area contributed by atoms with Gasteiger partial charge in [-0.1, -0.05) is 18.7 Å². The highest BCUT2D eigenvalue weighted by Crippen LogP contribution is 2.07. The van der Waals surface area contributed by atoms with Crippen molar-refractivity contribution in [3.8, 4) is 0 Å². The Morgan fingerprint density at radius 2 is 2.25 bits per heavy atom. The molecule has 0 aliphatic rings. The van der Waals surface area contributed by atoms with Crippen LogP contribution in [0.1, 0.15) is 35.9 Å². The lowest BCUT2D eigenvalue weighted by atomic mass is 10.4. The van der Waals surface area contributed by atoms with Crippen molar-refractivity contribution in [3.05, 3.63) is 36.2 Å². The summed E-state index contributed by atoms with van der Waals surface area (Å²) in [4.78, 5) is 16.0. The molecule has 7 nitrogen and oxygen atoms in total. The minimum absolute atomic E-state index is 0.200. The number of nitrogens with zero attached hydrogens (tertiary/aromatic N) is 5. The van der Waals surface area contributed by atoms with Gasteiger partial charge in [-0.25, -0.2) is 14.5 Å². The van der Waals surface area contributed by atoms with Crippen molar-refractivity contribution in [3.63, 3.8) is 0 Å². The van der Waals surface area contributed by atoms with Crippen LogP contribution in [0.3, 0.4) is 0 Å². The van der Waals surface area contributed by atoms with E-state index in [4.69, 9.17) is 4.74 Å². The molecule has 0 unspecified atom stereocenters. The zero-order valence-corrected chi connectivity index (χ0v) is 11.6. The minimum Gasteiger partial charge on any atom is -0.461 e. The third-order valence-electron chi connectivity index (χ3n) is 2.72. The first-order valence-corrected chi connectivity index (χ1v) is 6.44. The van der Waals surface area contributed by atoms with Crippen LogP contribution in [-0.2, 0) is 17.7 Å². The molecule has 2 heterocycles. The van der Waals surface area contributed by atoms with Crippen LogP contribution < -0.4 is 0 Å². The predicted molar refractivity (Wildman–Crippen MR) is 73.1 cm³/mol. The largest absolute Gasteiger partial charge is 0.461 e. The summed E-state index contributed by atoms with van der Waals surface area (Å²) >= 11 is 0. The van der Waals surface area contributed by atoms with Crippen LogP contribution in [0.4, 0.5) is 0 Å². The summed E-state index contributed by atoms with van der Waals surface area (Å²) in [7, 11) is 0. The summed E-state index contributed by atoms with van der Waals surface area (Å²) in [5, 5.41) is 7.68. The molecule has 0 aromatic carbocycles. The quantitative estimate of drug-likeness (QED) is 0.744. The number of aromatic nitrogens is 5. The molecule has 2 aromatic heterocycles. The lowest BCUT2D eigenvalue weighted by Crippen LogP contribution is -2.05. The number of esters is 1. The molecule has 2 rings (SSSR count). The van der Waals surface area contributed by atoms with Crippen molar-refractivity contribution in [2.75, 3.05) is 6.61 Å². The monoisotopic (exact) mass is 275 g/mol. The maximum atomic E-state index is 11.5. The SMILES string of the molecule is C=Cn1cc(Cn2cc(C(=O)OCC)nn2)nc1CC. The predicted octanol–water partition coefficient (Wildman–Crippen LogP) is 1.36. The first kappa shape index (κ1) is 14.0. The molecule has 106 valence electrons. The molecule has 0 spiro atoms. The zero-order chi connectivity index (χ0) is 14.5. The number of aryl methyl sites for hydroxylation is 1. The van der Waals surface area contributed by atoms with Gasteiger partial charge in [-0.3, -0.25) is 0 Å². The molecule has 0 radical (unpaired) electrons. The van der Waals surface area contributed by atoms with Gasteiger partial charge < -0.3 is 9.30 Å². The highest BCUT2D eigenvalue weighted by molar-refractivity contribution is 5.86. The smallest absolute Gasteiger partial charge is 0.360 e. The van der Waals surface area contributed by atoms with Gasteiger partial charge in [-0.2, -0.15) is 0 Å². The van der Waals surface area contributed by atoms with Gasteiger partial charge in [-0.05, 0) is 6.92 Å². The Bertz CT molecular complexity index is 614. The number of carbonyl (C=O) groups excluding carboxylic acids is 1. The number of rotatable bonds is 6. The fourth-order valence-corrected chi connectivity index (χ4v) is 1.82. The number of imidazole rings is 1. The summed E-state index contributed by atoms with van der Waals surface area (Å²) < 4.78 is 8.29. The van der Waals surface area contributed by atoms with Gasteiger partial charge in [0.2, 0.25) is 0 Å². The Kier molecular flexibility index (Phi) is 4.29. The molecule has 7 heteroatoms. The number of ether oxygens (including phenoxy) is 1. The highest BCUT2D eigenvalue weighted by atomic mass is 16.5. The Labute approximate surface area is 116 Å². The summed E-state index contributed by atoms with van der Waals surface area (Å²) in [6, 6.07) is 0. The van der Waals surface area contributed by atoms with E-state index in [0.717, 1.165) is 17.9 Å². The van der Waals surface area contributed by atoms with Crippen LogP contribution in [0, 0.1) is 0 Å². The van der Waals surface area contributed by atoms with Gasteiger partial charge in [-0.15, -0.1) is 5.10 Å². The lowest BCUT2D eigenvalue weighted by molar-refractivity contribution is 0.0519. The maximum absolute atomic E-state index is 11.5. The summed E-state index contributed by atoms with van der Waals surface area (Å²) in [5.41, 5.74) is 1.03. The normalized spacial score (nSPS) is 10.5. The maximum Gasteiger partial charge on any atom is 0.360 e. The van der Waals surface area contributed by atoms with Crippen molar-refractivity contribution < 1.29 is 9.53 Å². The van der Waals surface area contributed by atoms with Crippen molar-refractivity contribution in [2.45, 2.75) is 26.8 Å². The van der Waals surface area contributed by atoms with Gasteiger partial charge in [0.05, 0.1) is 25.0 Å². The van der Waals surface area contributed by atoms with Crippen LogP contribution in [0.25, 0.3) is 6.20 Å². The minimum atomic E-state index is -0.468. The van der Waals surface area contributed by atoms with E-state index in [1.54, 1.807) is 24.0 Å². The molecule has 2 aromatic rings. The third-order valence-corrected chi connectivity index (χ3v) is 2.72. The molecule has 0 saturated heterocycles. The van der Waals surface area contributed by atoms with E-state index in [2.05, 4.69) is 21.9 Å². The number of hydrogen-bond acceptors (Lipinski definition) is 5. The van der Waals surface area contributed by atoms with Gasteiger partial charge >= 0.3 is 5.97 Å². The number of hydrogen-bond donors (Lipinski definition) is 0. The van der Waals surface area contributed by atoms with E-state index in [9.17, 15) is 4.79 Å². The molecular weight excluding hydrogens is 258 g/mol. The van der Waals surface area contributed by atoms with E-state index >= 15 is 0 Å². The summed E-state index contributed by atoms with van der Waals surface area (Å²) in [6.45, 7) is 8.27. The van der Waals surface area contributed by atoms with Crippen molar-refractivity contribution in [2.24, 2.45) is 0 Å². The van der Waals surface area contributed by atoms with Gasteiger partial charge in [0.15, 0.2) is 5.69 Å². The van der Waals surface area contributed by atoms with E-state index < -0.39 is 5.97 Å². The fourth-order valence-electron chi connectivity index (χ4n) is 1.82. The summed E-state index contributed by atoms with van der Waals surface area (Å²) in [5.74, 6) is 0.463. The Balaban J connectivity index is 2.12. The molecule has 0 atom stereocenters. The highest BCUT2D eigenvalue weighted by Gasteiger charge is 2.12. The van der Waals surface area contributed by atoms with Crippen LogP contribution in [0.5, 0.6) is 0 Å². The molecule has 0 saturated carbocycles. The van der Waals surface area contributed by atoms with Crippen LogP contribution in [0.15, 0.2) is 19.0 Å². The van der Waals surface area contributed by atoms with Crippen molar-refractivity contribution >= 4 is 12.2 Å². The van der Waals surface area contributed by atoms with E-state index in [-0.39, 0.29) is 5.69 Å². The molecule has 0 bridgehead atoms. The molecule has 0 N–H and O–H groups in total. The standard InChI is InChI=1S/C13H17N5O2/c1-4-12-14-10(7-17(12)5-2)8-18-9-11(15-16-18)13(19)20-6-3/h5,7,9H,2,4,6,8H2,1,3H3. The van der Waals surface area contributed by atoms with Crippen molar-refractivity contribution in [1.82, 2.24) is 24.5 Å². The molecule has 0 fully saturated rings. The Morgan fingerprint density at radius 1 is 1.45 bits per heavy atom. The first-order valence-electron chi connectivity index (χ1n) is 6.44. The number of carbonyl (C=O) groups is 1.